The quantitative estimate of drug-likeness (QED) is 0.626. The minimum atomic E-state index is 0.725. The van der Waals surface area contributed by atoms with E-state index >= 15 is 0 Å². The Hall–Kier alpha value is -2.14. The highest BCUT2D eigenvalue weighted by molar-refractivity contribution is 6.00. The molecule has 2 aromatic rings. The standard InChI is InChI=1S/C16H20N4O/c1-13-12-14(2)20(17-13)16(15-6-4-3-5-7-15)18-19-8-10-21-11-9-19/h3-7,12H,8-11H2,1-2H3/b18-16+. The molecule has 3 rings (SSSR count). The van der Waals surface area contributed by atoms with Crippen LogP contribution in [0.15, 0.2) is 41.5 Å². The molecule has 110 valence electrons. The molecule has 5 nitrogen and oxygen atoms in total. The van der Waals surface area contributed by atoms with Crippen LogP contribution >= 0.6 is 0 Å². The molecule has 21 heavy (non-hydrogen) atoms. The molecule has 1 saturated heterocycles. The van der Waals surface area contributed by atoms with Crippen molar-refractivity contribution in [2.75, 3.05) is 26.3 Å². The van der Waals surface area contributed by atoms with Gasteiger partial charge in [-0.1, -0.05) is 30.3 Å². The van der Waals surface area contributed by atoms with E-state index in [-0.39, 0.29) is 0 Å². The molecule has 0 bridgehead atoms. The Balaban J connectivity index is 2.02. The molecule has 1 aromatic carbocycles. The third-order valence-corrected chi connectivity index (χ3v) is 3.47. The Morgan fingerprint density at radius 1 is 1.14 bits per heavy atom. The summed E-state index contributed by atoms with van der Waals surface area (Å²) in [7, 11) is 0. The maximum absolute atomic E-state index is 5.39. The molecule has 0 saturated carbocycles. The van der Waals surface area contributed by atoms with E-state index < -0.39 is 0 Å². The third kappa shape index (κ3) is 3.13. The first-order chi connectivity index (χ1) is 10.2. The summed E-state index contributed by atoms with van der Waals surface area (Å²) in [6.45, 7) is 7.13. The molecule has 0 spiro atoms. The normalized spacial score (nSPS) is 16.3. The van der Waals surface area contributed by atoms with Crippen LogP contribution in [0.25, 0.3) is 0 Å². The molecule has 1 fully saturated rings. The summed E-state index contributed by atoms with van der Waals surface area (Å²) in [5, 5.41) is 11.5. The number of hydrogen-bond donors (Lipinski definition) is 0. The van der Waals surface area contributed by atoms with E-state index in [1.807, 2.05) is 29.8 Å². The Labute approximate surface area is 124 Å². The molecular formula is C16H20N4O. The number of benzene rings is 1. The minimum Gasteiger partial charge on any atom is -0.378 e. The van der Waals surface area contributed by atoms with Crippen LogP contribution in [0.5, 0.6) is 0 Å². The van der Waals surface area contributed by atoms with E-state index in [0.29, 0.717) is 0 Å². The Morgan fingerprint density at radius 2 is 1.86 bits per heavy atom. The summed E-state index contributed by atoms with van der Waals surface area (Å²) >= 11 is 0. The van der Waals surface area contributed by atoms with Gasteiger partial charge < -0.3 is 4.74 Å². The fraction of sp³-hybridized carbons (Fsp3) is 0.375. The van der Waals surface area contributed by atoms with Crippen LogP contribution in [-0.2, 0) is 4.74 Å². The van der Waals surface area contributed by atoms with E-state index in [1.54, 1.807) is 0 Å². The summed E-state index contributed by atoms with van der Waals surface area (Å²) in [6.07, 6.45) is 0. The van der Waals surface area contributed by atoms with Crippen LogP contribution in [0.1, 0.15) is 17.0 Å². The van der Waals surface area contributed by atoms with Gasteiger partial charge in [-0.2, -0.15) is 10.2 Å². The first kappa shape index (κ1) is 13.8. The van der Waals surface area contributed by atoms with Gasteiger partial charge in [0.05, 0.1) is 32.0 Å². The first-order valence-electron chi connectivity index (χ1n) is 7.24. The Bertz CT molecular complexity index is 627. The predicted molar refractivity (Wildman–Crippen MR) is 82.5 cm³/mol. The number of morpholine rings is 1. The smallest absolute Gasteiger partial charge is 0.180 e. The van der Waals surface area contributed by atoms with Gasteiger partial charge in [0.1, 0.15) is 0 Å². The molecule has 0 atom stereocenters. The lowest BCUT2D eigenvalue weighted by atomic mass is 10.2. The molecule has 0 radical (unpaired) electrons. The second-order valence-electron chi connectivity index (χ2n) is 5.19. The van der Waals surface area contributed by atoms with Crippen LogP contribution in [0.3, 0.4) is 0 Å². The van der Waals surface area contributed by atoms with Crippen LogP contribution in [0, 0.1) is 13.8 Å². The monoisotopic (exact) mass is 284 g/mol. The van der Waals surface area contributed by atoms with Gasteiger partial charge in [0.25, 0.3) is 0 Å². The second kappa shape index (κ2) is 6.10. The zero-order chi connectivity index (χ0) is 14.7. The van der Waals surface area contributed by atoms with Crippen LogP contribution in [0.4, 0.5) is 0 Å². The van der Waals surface area contributed by atoms with Gasteiger partial charge in [0.2, 0.25) is 0 Å². The van der Waals surface area contributed by atoms with Crippen LogP contribution in [-0.4, -0.2) is 46.9 Å². The molecule has 1 aliphatic rings. The number of aryl methyl sites for hydroxylation is 2. The lowest BCUT2D eigenvalue weighted by Gasteiger charge is -2.25. The van der Waals surface area contributed by atoms with Gasteiger partial charge in [0, 0.05) is 11.3 Å². The molecule has 0 unspecified atom stereocenters. The second-order valence-corrected chi connectivity index (χ2v) is 5.19. The summed E-state index contributed by atoms with van der Waals surface area (Å²) < 4.78 is 7.30. The topological polar surface area (TPSA) is 42.7 Å². The maximum Gasteiger partial charge on any atom is 0.180 e. The van der Waals surface area contributed by atoms with Gasteiger partial charge in [-0.25, -0.2) is 4.68 Å². The zero-order valence-electron chi connectivity index (χ0n) is 12.5. The summed E-state index contributed by atoms with van der Waals surface area (Å²) in [5.41, 5.74) is 3.15. The Kier molecular flexibility index (Phi) is 4.01. The van der Waals surface area contributed by atoms with Crippen molar-refractivity contribution in [3.8, 4) is 0 Å². The van der Waals surface area contributed by atoms with Crippen molar-refractivity contribution in [2.24, 2.45) is 5.10 Å². The molecule has 0 N–H and O–H groups in total. The third-order valence-electron chi connectivity index (χ3n) is 3.47. The summed E-state index contributed by atoms with van der Waals surface area (Å²) in [5.74, 6) is 0.864. The number of hydrazone groups is 1. The SMILES string of the molecule is Cc1cc(C)n(/C(=N/N2CCOCC2)c2ccccc2)n1. The lowest BCUT2D eigenvalue weighted by Crippen LogP contribution is -2.34. The Morgan fingerprint density at radius 3 is 2.48 bits per heavy atom. The lowest BCUT2D eigenvalue weighted by molar-refractivity contribution is 0.0391. The number of nitrogens with zero attached hydrogens (tertiary/aromatic N) is 4. The molecular weight excluding hydrogens is 264 g/mol. The van der Waals surface area contributed by atoms with Crippen molar-refractivity contribution in [3.05, 3.63) is 53.3 Å². The predicted octanol–water partition coefficient (Wildman–Crippen LogP) is 2.04. The fourth-order valence-corrected chi connectivity index (χ4v) is 2.44. The number of hydrogen-bond acceptors (Lipinski definition) is 4. The highest BCUT2D eigenvalue weighted by Gasteiger charge is 2.14. The van der Waals surface area contributed by atoms with E-state index in [9.17, 15) is 0 Å². The van der Waals surface area contributed by atoms with Crippen molar-refractivity contribution in [3.63, 3.8) is 0 Å². The van der Waals surface area contributed by atoms with Gasteiger partial charge in [-0.05, 0) is 19.9 Å². The molecule has 1 aromatic heterocycles. The van der Waals surface area contributed by atoms with Crippen molar-refractivity contribution in [1.29, 1.82) is 0 Å². The minimum absolute atomic E-state index is 0.725. The summed E-state index contributed by atoms with van der Waals surface area (Å²) in [4.78, 5) is 0. The number of aromatic nitrogens is 2. The van der Waals surface area contributed by atoms with Crippen LogP contribution in [0.2, 0.25) is 0 Å². The average molecular weight is 284 g/mol. The molecule has 1 aliphatic heterocycles. The van der Waals surface area contributed by atoms with Crippen molar-refractivity contribution in [1.82, 2.24) is 14.8 Å². The van der Waals surface area contributed by atoms with Gasteiger partial charge in [0.15, 0.2) is 5.84 Å². The number of ether oxygens (including phenoxy) is 1. The van der Waals surface area contributed by atoms with Crippen molar-refractivity contribution >= 4 is 5.84 Å². The van der Waals surface area contributed by atoms with Crippen molar-refractivity contribution in [2.45, 2.75) is 13.8 Å². The fourth-order valence-electron chi connectivity index (χ4n) is 2.44. The summed E-state index contributed by atoms with van der Waals surface area (Å²) in [6, 6.07) is 12.3. The van der Waals surface area contributed by atoms with Gasteiger partial charge in [-0.15, -0.1) is 0 Å². The highest BCUT2D eigenvalue weighted by Crippen LogP contribution is 2.10. The zero-order valence-corrected chi connectivity index (χ0v) is 12.5. The van der Waals surface area contributed by atoms with Gasteiger partial charge in [-0.3, -0.25) is 5.01 Å². The first-order valence-corrected chi connectivity index (χ1v) is 7.24. The highest BCUT2D eigenvalue weighted by atomic mass is 16.5. The molecule has 2 heterocycles. The van der Waals surface area contributed by atoms with Gasteiger partial charge >= 0.3 is 0 Å². The van der Waals surface area contributed by atoms with Crippen LogP contribution < -0.4 is 0 Å². The van der Waals surface area contributed by atoms with Crippen molar-refractivity contribution < 1.29 is 4.74 Å². The largest absolute Gasteiger partial charge is 0.378 e. The molecule has 5 heteroatoms. The molecule has 0 aliphatic carbocycles. The maximum atomic E-state index is 5.39. The van der Waals surface area contributed by atoms with E-state index in [4.69, 9.17) is 9.84 Å². The van der Waals surface area contributed by atoms with E-state index in [0.717, 1.165) is 49.1 Å². The molecule has 0 amide bonds. The number of rotatable bonds is 2. The van der Waals surface area contributed by atoms with E-state index in [1.165, 1.54) is 0 Å². The van der Waals surface area contributed by atoms with E-state index in [2.05, 4.69) is 35.2 Å². The average Bonchev–Trinajstić information content (AvgIpc) is 2.85.